The standard InChI is InChI=1S/C14H30N2/c1-4-8-13(15-11-5-2)12-16(3)14-9-6-7-10-14/h13-15H,4-12H2,1-3H3. The molecular formula is C14H30N2. The third-order valence-corrected chi connectivity index (χ3v) is 3.78. The van der Waals surface area contributed by atoms with Crippen LogP contribution in [-0.4, -0.2) is 37.1 Å². The van der Waals surface area contributed by atoms with Gasteiger partial charge in [-0.05, 0) is 39.3 Å². The van der Waals surface area contributed by atoms with E-state index in [-0.39, 0.29) is 0 Å². The molecule has 16 heavy (non-hydrogen) atoms. The van der Waals surface area contributed by atoms with Gasteiger partial charge in [0.1, 0.15) is 0 Å². The molecule has 0 aromatic carbocycles. The number of nitrogens with zero attached hydrogens (tertiary/aromatic N) is 1. The summed E-state index contributed by atoms with van der Waals surface area (Å²) in [4.78, 5) is 2.59. The van der Waals surface area contributed by atoms with Gasteiger partial charge in [0.05, 0.1) is 0 Å². The molecule has 1 N–H and O–H groups in total. The third-order valence-electron chi connectivity index (χ3n) is 3.78. The van der Waals surface area contributed by atoms with Crippen LogP contribution < -0.4 is 5.32 Å². The van der Waals surface area contributed by atoms with Gasteiger partial charge in [-0.15, -0.1) is 0 Å². The zero-order valence-electron chi connectivity index (χ0n) is 11.5. The Kier molecular flexibility index (Phi) is 7.06. The maximum Gasteiger partial charge on any atom is 0.0194 e. The van der Waals surface area contributed by atoms with Gasteiger partial charge in [-0.1, -0.05) is 33.1 Å². The zero-order chi connectivity index (χ0) is 11.8. The van der Waals surface area contributed by atoms with Gasteiger partial charge in [0.15, 0.2) is 0 Å². The summed E-state index contributed by atoms with van der Waals surface area (Å²) in [5.74, 6) is 0. The van der Waals surface area contributed by atoms with Crippen molar-refractivity contribution >= 4 is 0 Å². The SMILES string of the molecule is CCCNC(CCC)CN(C)C1CCCC1. The fourth-order valence-electron chi connectivity index (χ4n) is 2.80. The van der Waals surface area contributed by atoms with E-state index < -0.39 is 0 Å². The van der Waals surface area contributed by atoms with Crippen molar-refractivity contribution in [2.24, 2.45) is 0 Å². The Morgan fingerprint density at radius 3 is 2.44 bits per heavy atom. The molecule has 0 aromatic rings. The van der Waals surface area contributed by atoms with E-state index in [1.807, 2.05) is 0 Å². The molecule has 1 atom stereocenters. The molecule has 0 radical (unpaired) electrons. The second-order valence-corrected chi connectivity index (χ2v) is 5.32. The lowest BCUT2D eigenvalue weighted by molar-refractivity contribution is 0.213. The predicted molar refractivity (Wildman–Crippen MR) is 71.9 cm³/mol. The van der Waals surface area contributed by atoms with E-state index in [1.165, 1.54) is 58.0 Å². The number of hydrogen-bond acceptors (Lipinski definition) is 2. The summed E-state index contributed by atoms with van der Waals surface area (Å²) in [6.45, 7) is 6.94. The summed E-state index contributed by atoms with van der Waals surface area (Å²) >= 11 is 0. The summed E-state index contributed by atoms with van der Waals surface area (Å²) in [5.41, 5.74) is 0. The Labute approximate surface area is 102 Å². The van der Waals surface area contributed by atoms with Crippen molar-refractivity contribution in [3.63, 3.8) is 0 Å². The first kappa shape index (κ1) is 14.0. The van der Waals surface area contributed by atoms with Gasteiger partial charge in [-0.2, -0.15) is 0 Å². The molecule has 1 unspecified atom stereocenters. The Morgan fingerprint density at radius 1 is 1.19 bits per heavy atom. The molecule has 0 aromatic heterocycles. The van der Waals surface area contributed by atoms with Crippen molar-refractivity contribution in [2.45, 2.75) is 70.9 Å². The van der Waals surface area contributed by atoms with Crippen LogP contribution in [0.5, 0.6) is 0 Å². The summed E-state index contributed by atoms with van der Waals surface area (Å²) < 4.78 is 0. The molecule has 0 saturated heterocycles. The highest BCUT2D eigenvalue weighted by atomic mass is 15.2. The highest BCUT2D eigenvalue weighted by Gasteiger charge is 2.21. The number of nitrogens with one attached hydrogen (secondary N) is 1. The maximum atomic E-state index is 3.68. The first-order valence-corrected chi connectivity index (χ1v) is 7.21. The highest BCUT2D eigenvalue weighted by molar-refractivity contribution is 4.79. The summed E-state index contributed by atoms with van der Waals surface area (Å²) in [7, 11) is 2.31. The van der Waals surface area contributed by atoms with E-state index in [2.05, 4.69) is 31.1 Å². The van der Waals surface area contributed by atoms with Gasteiger partial charge < -0.3 is 10.2 Å². The Hall–Kier alpha value is -0.0800. The topological polar surface area (TPSA) is 15.3 Å². The quantitative estimate of drug-likeness (QED) is 0.684. The normalized spacial score (nSPS) is 19.5. The molecular weight excluding hydrogens is 196 g/mol. The molecule has 1 rings (SSSR count). The fourth-order valence-corrected chi connectivity index (χ4v) is 2.80. The molecule has 0 bridgehead atoms. The van der Waals surface area contributed by atoms with Crippen LogP contribution >= 0.6 is 0 Å². The van der Waals surface area contributed by atoms with Gasteiger partial charge in [-0.25, -0.2) is 0 Å². The molecule has 0 aliphatic heterocycles. The lowest BCUT2D eigenvalue weighted by Crippen LogP contribution is -2.43. The van der Waals surface area contributed by atoms with Gasteiger partial charge >= 0.3 is 0 Å². The van der Waals surface area contributed by atoms with Crippen LogP contribution in [0.25, 0.3) is 0 Å². The van der Waals surface area contributed by atoms with Crippen molar-refractivity contribution in [1.29, 1.82) is 0 Å². The smallest absolute Gasteiger partial charge is 0.0194 e. The molecule has 1 saturated carbocycles. The van der Waals surface area contributed by atoms with Crippen LogP contribution in [0.3, 0.4) is 0 Å². The van der Waals surface area contributed by atoms with Crippen molar-refractivity contribution in [1.82, 2.24) is 10.2 Å². The van der Waals surface area contributed by atoms with Crippen molar-refractivity contribution in [3.8, 4) is 0 Å². The first-order valence-electron chi connectivity index (χ1n) is 7.21. The molecule has 1 fully saturated rings. The van der Waals surface area contributed by atoms with E-state index in [0.717, 1.165) is 6.04 Å². The Morgan fingerprint density at radius 2 is 1.88 bits per heavy atom. The molecule has 0 heterocycles. The first-order chi connectivity index (χ1) is 7.77. The predicted octanol–water partition coefficient (Wildman–Crippen LogP) is 3.03. The van der Waals surface area contributed by atoms with Gasteiger partial charge in [0.2, 0.25) is 0 Å². The molecule has 1 aliphatic rings. The second kappa shape index (κ2) is 8.08. The summed E-state index contributed by atoms with van der Waals surface area (Å²) in [6.07, 6.45) is 9.57. The van der Waals surface area contributed by atoms with Crippen molar-refractivity contribution < 1.29 is 0 Å². The second-order valence-electron chi connectivity index (χ2n) is 5.32. The molecule has 0 spiro atoms. The number of likely N-dealkylation sites (N-methyl/N-ethyl adjacent to an activating group) is 1. The van der Waals surface area contributed by atoms with Gasteiger partial charge in [0.25, 0.3) is 0 Å². The molecule has 0 amide bonds. The molecule has 2 nitrogen and oxygen atoms in total. The van der Waals surface area contributed by atoms with E-state index in [9.17, 15) is 0 Å². The number of rotatable bonds is 8. The minimum absolute atomic E-state index is 0.704. The van der Waals surface area contributed by atoms with Crippen molar-refractivity contribution in [2.75, 3.05) is 20.1 Å². The average Bonchev–Trinajstić information content (AvgIpc) is 2.79. The van der Waals surface area contributed by atoms with Crippen molar-refractivity contribution in [3.05, 3.63) is 0 Å². The average molecular weight is 226 g/mol. The lowest BCUT2D eigenvalue weighted by Gasteiger charge is -2.29. The molecule has 2 heteroatoms. The zero-order valence-corrected chi connectivity index (χ0v) is 11.5. The minimum atomic E-state index is 0.704. The van der Waals surface area contributed by atoms with Crippen LogP contribution in [-0.2, 0) is 0 Å². The van der Waals surface area contributed by atoms with Crippen LogP contribution in [0.2, 0.25) is 0 Å². The van der Waals surface area contributed by atoms with E-state index >= 15 is 0 Å². The van der Waals surface area contributed by atoms with E-state index in [0.29, 0.717) is 6.04 Å². The lowest BCUT2D eigenvalue weighted by atomic mass is 10.1. The third kappa shape index (κ3) is 4.84. The van der Waals surface area contributed by atoms with Crippen LogP contribution in [0.4, 0.5) is 0 Å². The van der Waals surface area contributed by atoms with Gasteiger partial charge in [0, 0.05) is 18.6 Å². The van der Waals surface area contributed by atoms with Crippen LogP contribution in [0.1, 0.15) is 58.8 Å². The highest BCUT2D eigenvalue weighted by Crippen LogP contribution is 2.22. The molecule has 96 valence electrons. The monoisotopic (exact) mass is 226 g/mol. The number of hydrogen-bond donors (Lipinski definition) is 1. The summed E-state index contributed by atoms with van der Waals surface area (Å²) in [6, 6.07) is 1.57. The largest absolute Gasteiger partial charge is 0.313 e. The maximum absolute atomic E-state index is 3.68. The van der Waals surface area contributed by atoms with E-state index in [1.54, 1.807) is 0 Å². The fraction of sp³-hybridized carbons (Fsp3) is 1.00. The minimum Gasteiger partial charge on any atom is -0.313 e. The molecule has 1 aliphatic carbocycles. The Balaban J connectivity index is 2.27. The van der Waals surface area contributed by atoms with Crippen LogP contribution in [0.15, 0.2) is 0 Å². The van der Waals surface area contributed by atoms with Crippen LogP contribution in [0, 0.1) is 0 Å². The van der Waals surface area contributed by atoms with Gasteiger partial charge in [-0.3, -0.25) is 0 Å². The van der Waals surface area contributed by atoms with E-state index in [4.69, 9.17) is 0 Å². The summed E-state index contributed by atoms with van der Waals surface area (Å²) in [5, 5.41) is 3.68. The Bertz CT molecular complexity index is 164.